The predicted octanol–water partition coefficient (Wildman–Crippen LogP) is 30.0. The molecule has 0 spiro atoms. The highest BCUT2D eigenvalue weighted by atomic mass is 15.2. The third kappa shape index (κ3) is 15.9. The summed E-state index contributed by atoms with van der Waals surface area (Å²) in [5, 5.41) is 0. The number of anilines is 6. The quantitative estimate of drug-likeness (QED) is 0.140. The number of nitrogens with zero attached hydrogens (tertiary/aromatic N) is 2. The molecule has 0 amide bonds. The Morgan fingerprint density at radius 3 is 1.09 bits per heavy atom. The Bertz CT molecular complexity index is 6290. The summed E-state index contributed by atoms with van der Waals surface area (Å²) >= 11 is 0. The summed E-state index contributed by atoms with van der Waals surface area (Å²) in [4.78, 5) is 4.52. The number of benzene rings is 11. The van der Waals surface area contributed by atoms with Crippen LogP contribution < -0.4 is 26.2 Å². The molecule has 0 aliphatic carbocycles. The second kappa shape index (κ2) is 27.9. The molecular formula is C110H133BN2. The summed E-state index contributed by atoms with van der Waals surface area (Å²) in [5.41, 5.74) is 13.0. The summed E-state index contributed by atoms with van der Waals surface area (Å²) in [6.07, 6.45) is 0. The molecule has 11 aromatic rings. The van der Waals surface area contributed by atoms with E-state index in [-0.39, 0.29) is 126 Å². The Balaban J connectivity index is 1.41. The number of hydrogen-bond donors (Lipinski definition) is 0. The lowest BCUT2D eigenvalue weighted by Gasteiger charge is -2.47. The summed E-state index contributed by atoms with van der Waals surface area (Å²) < 4.78 is 145. The smallest absolute Gasteiger partial charge is 0.252 e. The highest BCUT2D eigenvalue weighted by Crippen LogP contribution is 2.58. The number of rotatable bonds is 8. The minimum atomic E-state index is -1.09. The topological polar surface area (TPSA) is 6.48 Å². The first kappa shape index (κ1) is 65.4. The molecule has 2 aliphatic rings. The van der Waals surface area contributed by atoms with Gasteiger partial charge in [-0.15, -0.1) is 0 Å². The van der Waals surface area contributed by atoms with Crippen LogP contribution in [0.4, 0.5) is 34.1 Å². The third-order valence-electron chi connectivity index (χ3n) is 23.1. The molecule has 11 aromatic carbocycles. The van der Waals surface area contributed by atoms with Gasteiger partial charge >= 0.3 is 0 Å². The van der Waals surface area contributed by atoms with Crippen LogP contribution in [0.25, 0.3) is 66.8 Å². The minimum Gasteiger partial charge on any atom is -0.310 e. The number of hydrogen-bond acceptors (Lipinski definition) is 2. The van der Waals surface area contributed by atoms with Gasteiger partial charge in [-0.25, -0.2) is 0 Å². The summed E-state index contributed by atoms with van der Waals surface area (Å²) in [6.45, 7) is 69.1. The first-order valence-corrected chi connectivity index (χ1v) is 41.0. The standard InChI is InChI=1S/C110H133BN2/c1-100(2,3)74-45-39-69(40-46-74)84-61-80(106(19,20)21)63-87(83-51-49-77(103(10,11)12)65-90(83)110(31,32)33)98(84)112-93-57-71(68-37-35-34-36-38-68)43-53-91(93)111-92-54-44-72(73-55-78(104(13,14)15)59-79(56-73)105(16,17)18)58-94(92)113(96-67-82(108(25,26)27)66-95(112)97(96)111)99-85(70-41-47-75(48-42-70)101(4,5)6)62-81(107(22,23)24)64-88(99)86-60-76(102(7,8)9)50-52-89(86)109(28,29)30/h34-67H,1-33H3/i34D,35D,36D,37D,38D,41D,42D,47D,48D,50D,52D,60D,62D,64D. The maximum absolute atomic E-state index is 11.7. The molecule has 0 fully saturated rings. The van der Waals surface area contributed by atoms with Gasteiger partial charge in [-0.2, -0.15) is 0 Å². The summed E-state index contributed by atoms with van der Waals surface area (Å²) in [5.74, 6) is 0. The van der Waals surface area contributed by atoms with E-state index in [0.717, 1.165) is 94.4 Å². The molecule has 0 bridgehead atoms. The summed E-state index contributed by atoms with van der Waals surface area (Å²) in [6, 6.07) is 40.1. The average Bonchev–Trinajstić information content (AvgIpc) is 0.677. The van der Waals surface area contributed by atoms with Gasteiger partial charge in [0.2, 0.25) is 0 Å². The Labute approximate surface area is 704 Å². The van der Waals surface area contributed by atoms with Crippen molar-refractivity contribution < 1.29 is 19.2 Å². The van der Waals surface area contributed by atoms with Crippen molar-refractivity contribution in [3.05, 3.63) is 267 Å². The Hall–Kier alpha value is -8.92. The average molecular weight is 1510 g/mol. The molecule has 113 heavy (non-hydrogen) atoms. The van der Waals surface area contributed by atoms with Crippen molar-refractivity contribution in [3.8, 4) is 66.8 Å². The fourth-order valence-corrected chi connectivity index (χ4v) is 15.9. The second-order valence-corrected chi connectivity index (χ2v) is 43.9. The third-order valence-corrected chi connectivity index (χ3v) is 23.1. The van der Waals surface area contributed by atoms with Gasteiger partial charge in [0, 0.05) is 45.0 Å². The van der Waals surface area contributed by atoms with Gasteiger partial charge in [0.05, 0.1) is 30.6 Å². The van der Waals surface area contributed by atoms with Crippen LogP contribution in [0.5, 0.6) is 0 Å². The van der Waals surface area contributed by atoms with Crippen LogP contribution in [0, 0.1) is 0 Å². The fourth-order valence-electron chi connectivity index (χ4n) is 15.9. The van der Waals surface area contributed by atoms with E-state index in [1.807, 2.05) is 95.2 Å². The Morgan fingerprint density at radius 2 is 0.619 bits per heavy atom. The summed E-state index contributed by atoms with van der Waals surface area (Å²) in [7, 11) is 0. The number of fused-ring (bicyclic) bond motifs is 4. The second-order valence-electron chi connectivity index (χ2n) is 43.9. The SMILES string of the molecule is [2H]c1c([2H])c([2H])c(-c2ccc3c(c2)N(c2c(-c4ccc(C(C)(C)C)cc4)cc(C(C)(C)C)cc2-c2ccc(C(C)(C)C)cc2C(C)(C)C)c2cc(C(C)(C)C)cc4c2B3c2ccc(-c3cc(C(C)(C)C)cc(C(C)(C)C)c3)cc2N4c2c(-c3c([2H])c([2H])c(C(C)(C)C)c([2H])c3[2H])c([2H])c(C(C)(C)C)c([2H])c2-c2c([2H])c(C(C)(C)C)c([2H])c([2H])c2C(C)(C)C)c([2H])c1[2H]. The zero-order valence-corrected chi connectivity index (χ0v) is 74.5. The van der Waals surface area contributed by atoms with Gasteiger partial charge in [0.15, 0.2) is 0 Å². The molecule has 2 aliphatic heterocycles. The van der Waals surface area contributed by atoms with Gasteiger partial charge in [0.1, 0.15) is 0 Å². The van der Waals surface area contributed by atoms with Crippen molar-refractivity contribution in [1.29, 1.82) is 0 Å². The zero-order chi connectivity index (χ0) is 94.9. The van der Waals surface area contributed by atoms with Gasteiger partial charge in [-0.05, 0) is 230 Å². The van der Waals surface area contributed by atoms with E-state index in [4.69, 9.17) is 1.37 Å². The molecule has 0 saturated heterocycles. The van der Waals surface area contributed by atoms with Gasteiger partial charge in [-0.1, -0.05) is 386 Å². The van der Waals surface area contributed by atoms with Gasteiger partial charge < -0.3 is 9.80 Å². The molecule has 0 radical (unpaired) electrons. The van der Waals surface area contributed by atoms with E-state index in [2.05, 4.69) is 264 Å². The molecule has 0 N–H and O–H groups in total. The molecule has 3 heteroatoms. The van der Waals surface area contributed by atoms with Crippen LogP contribution in [0.1, 0.15) is 309 Å². The lowest BCUT2D eigenvalue weighted by molar-refractivity contribution is 0.568. The van der Waals surface area contributed by atoms with Gasteiger partial charge in [-0.3, -0.25) is 0 Å². The van der Waals surface area contributed by atoms with E-state index in [1.54, 1.807) is 0 Å². The first-order chi connectivity index (χ1) is 57.8. The first-order valence-electron chi connectivity index (χ1n) is 48.0. The molecule has 0 atom stereocenters. The highest BCUT2D eigenvalue weighted by molar-refractivity contribution is 7.00. The predicted molar refractivity (Wildman–Crippen MR) is 499 cm³/mol. The van der Waals surface area contributed by atoms with Crippen LogP contribution in [0.3, 0.4) is 0 Å². The largest absolute Gasteiger partial charge is 0.310 e. The van der Waals surface area contributed by atoms with Crippen LogP contribution in [-0.4, -0.2) is 6.71 Å². The molecule has 13 rings (SSSR count). The van der Waals surface area contributed by atoms with Crippen LogP contribution in [0.15, 0.2) is 206 Å². The molecular weight excluding hydrogens is 1360 g/mol. The van der Waals surface area contributed by atoms with E-state index >= 15 is 0 Å². The van der Waals surface area contributed by atoms with E-state index in [9.17, 15) is 17.8 Å². The van der Waals surface area contributed by atoms with Crippen molar-refractivity contribution >= 4 is 57.2 Å². The lowest BCUT2D eigenvalue weighted by Crippen LogP contribution is -2.61. The van der Waals surface area contributed by atoms with Crippen LogP contribution in [-0.2, 0) is 59.6 Å². The fraction of sp³-hybridized carbons (Fsp3) is 0.400. The molecule has 0 saturated carbocycles. The molecule has 586 valence electrons. The van der Waals surface area contributed by atoms with Crippen molar-refractivity contribution in [2.75, 3.05) is 9.80 Å². The highest BCUT2D eigenvalue weighted by Gasteiger charge is 2.47. The van der Waals surface area contributed by atoms with E-state index in [0.29, 0.717) is 33.9 Å². The molecule has 2 heterocycles. The van der Waals surface area contributed by atoms with Crippen molar-refractivity contribution in [2.24, 2.45) is 0 Å². The Kier molecular flexibility index (Phi) is 16.2. The molecule has 0 aromatic heterocycles. The van der Waals surface area contributed by atoms with Crippen LogP contribution in [0.2, 0.25) is 0 Å². The van der Waals surface area contributed by atoms with E-state index < -0.39 is 74.8 Å². The van der Waals surface area contributed by atoms with Crippen molar-refractivity contribution in [2.45, 2.75) is 288 Å². The Morgan fingerprint density at radius 1 is 0.221 bits per heavy atom. The van der Waals surface area contributed by atoms with Crippen molar-refractivity contribution in [1.82, 2.24) is 0 Å². The molecule has 0 unspecified atom stereocenters. The zero-order valence-electron chi connectivity index (χ0n) is 88.5. The van der Waals surface area contributed by atoms with E-state index in [1.165, 1.54) is 0 Å². The monoisotopic (exact) mass is 1510 g/mol. The van der Waals surface area contributed by atoms with Crippen molar-refractivity contribution in [3.63, 3.8) is 0 Å². The normalized spacial score (nSPS) is 15.7. The van der Waals surface area contributed by atoms with Gasteiger partial charge in [0.25, 0.3) is 6.71 Å². The minimum absolute atomic E-state index is 0.0216. The molecule has 2 nitrogen and oxygen atoms in total. The lowest BCUT2D eigenvalue weighted by atomic mass is 9.33. The van der Waals surface area contributed by atoms with Crippen LogP contribution >= 0.6 is 0 Å². The maximum Gasteiger partial charge on any atom is 0.252 e. The maximum atomic E-state index is 11.7.